The van der Waals surface area contributed by atoms with Gasteiger partial charge < -0.3 is 10.5 Å². The van der Waals surface area contributed by atoms with Crippen LogP contribution >= 0.6 is 0 Å². The standard InChI is InChI=1S/C13H16N4O2/c1-10(11-5-3-2-4-6-11)19-13(18)12-9-17(8-7-14)16-15-12/h2-6,9-10H,7-8,14H2,1H3. The number of benzene rings is 1. The molecule has 1 atom stereocenters. The molecule has 0 aliphatic rings. The van der Waals surface area contributed by atoms with E-state index >= 15 is 0 Å². The van der Waals surface area contributed by atoms with Gasteiger partial charge in [-0.1, -0.05) is 35.5 Å². The van der Waals surface area contributed by atoms with Crippen molar-refractivity contribution in [2.45, 2.75) is 19.6 Å². The van der Waals surface area contributed by atoms with Gasteiger partial charge in [-0.05, 0) is 12.5 Å². The number of nitrogens with zero attached hydrogens (tertiary/aromatic N) is 3. The lowest BCUT2D eigenvalue weighted by molar-refractivity contribution is 0.0330. The third-order valence-electron chi connectivity index (χ3n) is 2.66. The topological polar surface area (TPSA) is 83.0 Å². The molecule has 2 aromatic rings. The van der Waals surface area contributed by atoms with Gasteiger partial charge in [0, 0.05) is 6.54 Å². The van der Waals surface area contributed by atoms with Gasteiger partial charge in [-0.2, -0.15) is 0 Å². The number of hydrogen-bond acceptors (Lipinski definition) is 5. The average molecular weight is 260 g/mol. The van der Waals surface area contributed by atoms with Gasteiger partial charge in [0.1, 0.15) is 6.10 Å². The largest absolute Gasteiger partial charge is 0.453 e. The van der Waals surface area contributed by atoms with Crippen molar-refractivity contribution in [3.8, 4) is 0 Å². The fraction of sp³-hybridized carbons (Fsp3) is 0.308. The summed E-state index contributed by atoms with van der Waals surface area (Å²) in [4.78, 5) is 11.9. The SMILES string of the molecule is CC(OC(=O)c1cn(CCN)nn1)c1ccccc1. The lowest BCUT2D eigenvalue weighted by Crippen LogP contribution is -2.11. The highest BCUT2D eigenvalue weighted by Gasteiger charge is 2.16. The second-order valence-corrected chi connectivity index (χ2v) is 4.11. The lowest BCUT2D eigenvalue weighted by atomic mass is 10.1. The number of carbonyl (C=O) groups is 1. The number of esters is 1. The summed E-state index contributed by atoms with van der Waals surface area (Å²) < 4.78 is 6.85. The van der Waals surface area contributed by atoms with E-state index in [4.69, 9.17) is 10.5 Å². The Hall–Kier alpha value is -2.21. The average Bonchev–Trinajstić information content (AvgIpc) is 2.89. The Kier molecular flexibility index (Phi) is 4.25. The Morgan fingerprint density at radius 1 is 1.42 bits per heavy atom. The molecule has 0 saturated heterocycles. The van der Waals surface area contributed by atoms with Gasteiger partial charge >= 0.3 is 5.97 Å². The zero-order valence-corrected chi connectivity index (χ0v) is 10.7. The van der Waals surface area contributed by atoms with E-state index in [1.54, 1.807) is 0 Å². The fourth-order valence-electron chi connectivity index (χ4n) is 1.65. The number of ether oxygens (including phenoxy) is 1. The Morgan fingerprint density at radius 3 is 2.84 bits per heavy atom. The molecule has 2 N–H and O–H groups in total. The van der Waals surface area contributed by atoms with Gasteiger partial charge in [-0.3, -0.25) is 4.68 Å². The van der Waals surface area contributed by atoms with Crippen LogP contribution in [0.3, 0.4) is 0 Å². The molecule has 0 amide bonds. The molecule has 6 heteroatoms. The minimum atomic E-state index is -0.486. The summed E-state index contributed by atoms with van der Waals surface area (Å²) in [5.41, 5.74) is 6.52. The number of nitrogens with two attached hydrogens (primary N) is 1. The first-order valence-electron chi connectivity index (χ1n) is 6.07. The van der Waals surface area contributed by atoms with Crippen LogP contribution in [0, 0.1) is 0 Å². The smallest absolute Gasteiger partial charge is 0.361 e. The minimum absolute atomic E-state index is 0.191. The molecule has 0 aliphatic carbocycles. The first-order chi connectivity index (χ1) is 9.20. The van der Waals surface area contributed by atoms with E-state index in [1.807, 2.05) is 37.3 Å². The van der Waals surface area contributed by atoms with Gasteiger partial charge in [0.05, 0.1) is 12.7 Å². The van der Waals surface area contributed by atoms with Crippen LogP contribution < -0.4 is 5.73 Å². The lowest BCUT2D eigenvalue weighted by Gasteiger charge is -2.12. The predicted octanol–water partition coefficient (Wildman–Crippen LogP) is 1.15. The summed E-state index contributed by atoms with van der Waals surface area (Å²) >= 11 is 0. The van der Waals surface area contributed by atoms with Crippen molar-refractivity contribution in [1.82, 2.24) is 15.0 Å². The first kappa shape index (κ1) is 13.2. The Labute approximate surface area is 111 Å². The van der Waals surface area contributed by atoms with Crippen molar-refractivity contribution in [2.75, 3.05) is 6.54 Å². The Morgan fingerprint density at radius 2 is 2.16 bits per heavy atom. The van der Waals surface area contributed by atoms with E-state index in [9.17, 15) is 4.79 Å². The van der Waals surface area contributed by atoms with Crippen LogP contribution in [-0.4, -0.2) is 27.5 Å². The van der Waals surface area contributed by atoms with Gasteiger partial charge in [0.25, 0.3) is 0 Å². The van der Waals surface area contributed by atoms with Crippen LogP contribution in [0.4, 0.5) is 0 Å². The molecule has 1 unspecified atom stereocenters. The van der Waals surface area contributed by atoms with Crippen molar-refractivity contribution in [3.63, 3.8) is 0 Å². The molecule has 0 saturated carbocycles. The Balaban J connectivity index is 2.00. The van der Waals surface area contributed by atoms with Gasteiger partial charge in [0.15, 0.2) is 5.69 Å². The zero-order valence-electron chi connectivity index (χ0n) is 10.7. The number of rotatable bonds is 5. The van der Waals surface area contributed by atoms with Crippen LogP contribution in [0.1, 0.15) is 29.1 Å². The highest BCUT2D eigenvalue weighted by atomic mass is 16.5. The van der Waals surface area contributed by atoms with E-state index in [2.05, 4.69) is 10.3 Å². The van der Waals surface area contributed by atoms with Crippen molar-refractivity contribution in [2.24, 2.45) is 5.73 Å². The highest BCUT2D eigenvalue weighted by molar-refractivity contribution is 5.86. The van der Waals surface area contributed by atoms with E-state index in [0.29, 0.717) is 13.1 Å². The van der Waals surface area contributed by atoms with Gasteiger partial charge in [-0.15, -0.1) is 5.10 Å². The predicted molar refractivity (Wildman–Crippen MR) is 69.3 cm³/mol. The maximum atomic E-state index is 11.9. The highest BCUT2D eigenvalue weighted by Crippen LogP contribution is 2.17. The second-order valence-electron chi connectivity index (χ2n) is 4.11. The van der Waals surface area contributed by atoms with E-state index in [0.717, 1.165) is 5.56 Å². The zero-order chi connectivity index (χ0) is 13.7. The van der Waals surface area contributed by atoms with Crippen LogP contribution in [-0.2, 0) is 11.3 Å². The molecule has 0 radical (unpaired) electrons. The van der Waals surface area contributed by atoms with Crippen LogP contribution in [0.15, 0.2) is 36.5 Å². The van der Waals surface area contributed by atoms with Crippen molar-refractivity contribution in [3.05, 3.63) is 47.8 Å². The molecule has 0 spiro atoms. The van der Waals surface area contributed by atoms with Crippen molar-refractivity contribution >= 4 is 5.97 Å². The summed E-state index contributed by atoms with van der Waals surface area (Å²) in [5.74, 6) is -0.486. The van der Waals surface area contributed by atoms with Gasteiger partial charge in [-0.25, -0.2) is 4.79 Å². The third-order valence-corrected chi connectivity index (χ3v) is 2.66. The maximum absolute atomic E-state index is 11.9. The molecular formula is C13H16N4O2. The summed E-state index contributed by atoms with van der Waals surface area (Å²) in [7, 11) is 0. The van der Waals surface area contributed by atoms with Crippen molar-refractivity contribution in [1.29, 1.82) is 0 Å². The minimum Gasteiger partial charge on any atom is -0.453 e. The number of aromatic nitrogens is 3. The maximum Gasteiger partial charge on any atom is 0.361 e. The van der Waals surface area contributed by atoms with Crippen LogP contribution in [0.25, 0.3) is 0 Å². The Bertz CT molecular complexity index is 539. The molecular weight excluding hydrogens is 244 g/mol. The monoisotopic (exact) mass is 260 g/mol. The van der Waals surface area contributed by atoms with Crippen LogP contribution in [0.5, 0.6) is 0 Å². The molecule has 0 fully saturated rings. The van der Waals surface area contributed by atoms with E-state index < -0.39 is 5.97 Å². The molecule has 100 valence electrons. The molecule has 2 rings (SSSR count). The quantitative estimate of drug-likeness (QED) is 0.815. The molecule has 1 heterocycles. The molecule has 1 aromatic heterocycles. The molecule has 0 aliphatic heterocycles. The summed E-state index contributed by atoms with van der Waals surface area (Å²) in [5, 5.41) is 7.56. The molecule has 6 nitrogen and oxygen atoms in total. The number of carbonyl (C=O) groups excluding carboxylic acids is 1. The van der Waals surface area contributed by atoms with Crippen molar-refractivity contribution < 1.29 is 9.53 Å². The van der Waals surface area contributed by atoms with Crippen LogP contribution in [0.2, 0.25) is 0 Å². The fourth-order valence-corrected chi connectivity index (χ4v) is 1.65. The van der Waals surface area contributed by atoms with E-state index in [-0.39, 0.29) is 11.8 Å². The normalized spacial score (nSPS) is 12.1. The molecule has 0 bridgehead atoms. The molecule has 19 heavy (non-hydrogen) atoms. The summed E-state index contributed by atoms with van der Waals surface area (Å²) in [6.45, 7) is 2.78. The second kappa shape index (κ2) is 6.10. The number of hydrogen-bond donors (Lipinski definition) is 1. The first-order valence-corrected chi connectivity index (χ1v) is 6.07. The summed E-state index contributed by atoms with van der Waals surface area (Å²) in [6, 6.07) is 9.53. The van der Waals surface area contributed by atoms with E-state index in [1.165, 1.54) is 10.9 Å². The summed E-state index contributed by atoms with van der Waals surface area (Å²) in [6.07, 6.45) is 1.21. The van der Waals surface area contributed by atoms with Gasteiger partial charge in [0.2, 0.25) is 0 Å². The third kappa shape index (κ3) is 3.38. The molecule has 1 aromatic carbocycles.